The van der Waals surface area contributed by atoms with Crippen LogP contribution in [0, 0.1) is 0 Å². The van der Waals surface area contributed by atoms with Gasteiger partial charge in [0.1, 0.15) is 6.54 Å². The van der Waals surface area contributed by atoms with Crippen LogP contribution >= 0.6 is 22.9 Å². The van der Waals surface area contributed by atoms with E-state index >= 15 is 0 Å². The standard InChI is InChI=1S/C26H34ClN5O3S/c1-26(2,3)28-25(34)31(11-10-30-12-14-35-15-13-30)18-24(33)32-22(19-7-4-5-8-20(19)27)17-21(29-32)23-9-6-16-36-23/h4-9,16,22H,10-15,17-18H2,1-3H3,(H,28,34)/t22-/m0/s1. The Morgan fingerprint density at radius 3 is 2.61 bits per heavy atom. The zero-order valence-electron chi connectivity index (χ0n) is 21.1. The molecule has 0 unspecified atom stereocenters. The van der Waals surface area contributed by atoms with E-state index in [0.29, 0.717) is 37.7 Å². The monoisotopic (exact) mass is 531 g/mol. The van der Waals surface area contributed by atoms with Gasteiger partial charge in [-0.05, 0) is 43.8 Å². The highest BCUT2D eigenvalue weighted by atomic mass is 35.5. The first-order valence-electron chi connectivity index (χ1n) is 12.3. The highest BCUT2D eigenvalue weighted by Gasteiger charge is 2.36. The zero-order valence-corrected chi connectivity index (χ0v) is 22.6. The summed E-state index contributed by atoms with van der Waals surface area (Å²) in [7, 11) is 0. The van der Waals surface area contributed by atoms with Crippen LogP contribution in [0.25, 0.3) is 0 Å². The van der Waals surface area contributed by atoms with Crippen molar-refractivity contribution >= 4 is 40.6 Å². The van der Waals surface area contributed by atoms with Gasteiger partial charge < -0.3 is 15.0 Å². The summed E-state index contributed by atoms with van der Waals surface area (Å²) >= 11 is 8.13. The maximum atomic E-state index is 13.7. The van der Waals surface area contributed by atoms with Crippen LogP contribution in [-0.4, -0.2) is 83.9 Å². The molecular formula is C26H34ClN5O3S. The predicted octanol–water partition coefficient (Wildman–Crippen LogP) is 4.22. The van der Waals surface area contributed by atoms with E-state index in [2.05, 4.69) is 10.2 Å². The number of halogens is 1. The number of nitrogens with zero attached hydrogens (tertiary/aromatic N) is 4. The van der Waals surface area contributed by atoms with Gasteiger partial charge in [-0.3, -0.25) is 9.69 Å². The second kappa shape index (κ2) is 11.7. The van der Waals surface area contributed by atoms with Gasteiger partial charge in [0.2, 0.25) is 0 Å². The SMILES string of the molecule is CC(C)(C)NC(=O)N(CCN1CCOCC1)CC(=O)N1N=C(c2cccs2)C[C@H]1c1ccccc1Cl. The number of carbonyl (C=O) groups excluding carboxylic acids is 2. The molecule has 4 rings (SSSR count). The topological polar surface area (TPSA) is 77.5 Å². The third kappa shape index (κ3) is 6.85. The Morgan fingerprint density at radius 2 is 1.94 bits per heavy atom. The van der Waals surface area contributed by atoms with Gasteiger partial charge in [-0.25, -0.2) is 9.80 Å². The van der Waals surface area contributed by atoms with E-state index < -0.39 is 5.54 Å². The van der Waals surface area contributed by atoms with Gasteiger partial charge in [-0.2, -0.15) is 5.10 Å². The number of amides is 3. The van der Waals surface area contributed by atoms with Gasteiger partial charge in [0.15, 0.2) is 0 Å². The zero-order chi connectivity index (χ0) is 25.7. The Kier molecular flexibility index (Phi) is 8.66. The summed E-state index contributed by atoms with van der Waals surface area (Å²) in [5.74, 6) is -0.238. The molecule has 0 bridgehead atoms. The Morgan fingerprint density at radius 1 is 1.19 bits per heavy atom. The molecular weight excluding hydrogens is 498 g/mol. The number of carbonyl (C=O) groups is 2. The van der Waals surface area contributed by atoms with Crippen molar-refractivity contribution in [2.75, 3.05) is 45.9 Å². The summed E-state index contributed by atoms with van der Waals surface area (Å²) in [6, 6.07) is 10.9. The molecule has 2 aromatic rings. The van der Waals surface area contributed by atoms with Crippen LogP contribution in [0.4, 0.5) is 4.79 Å². The Hall–Kier alpha value is -2.46. The molecule has 3 amide bonds. The van der Waals surface area contributed by atoms with E-state index in [1.165, 1.54) is 5.01 Å². The molecule has 0 spiro atoms. The Labute approximate surface area is 221 Å². The molecule has 8 nitrogen and oxygen atoms in total. The summed E-state index contributed by atoms with van der Waals surface area (Å²) in [5.41, 5.74) is 1.28. The van der Waals surface area contributed by atoms with E-state index in [-0.39, 0.29) is 24.5 Å². The third-order valence-corrected chi connectivity index (χ3v) is 7.38. The number of urea groups is 1. The lowest BCUT2D eigenvalue weighted by Gasteiger charge is -2.33. The molecule has 1 aromatic carbocycles. The van der Waals surface area contributed by atoms with E-state index in [1.807, 2.05) is 62.5 Å². The van der Waals surface area contributed by atoms with Crippen molar-refractivity contribution in [2.45, 2.75) is 38.8 Å². The maximum Gasteiger partial charge on any atom is 0.318 e. The van der Waals surface area contributed by atoms with Crippen molar-refractivity contribution in [1.82, 2.24) is 20.1 Å². The van der Waals surface area contributed by atoms with Crippen LogP contribution in [0.2, 0.25) is 5.02 Å². The third-order valence-electron chi connectivity index (χ3n) is 6.12. The quantitative estimate of drug-likeness (QED) is 0.580. The fourth-order valence-electron chi connectivity index (χ4n) is 4.29. The van der Waals surface area contributed by atoms with E-state index in [1.54, 1.807) is 16.2 Å². The van der Waals surface area contributed by atoms with Gasteiger partial charge >= 0.3 is 6.03 Å². The normalized spacial score (nSPS) is 18.7. The van der Waals surface area contributed by atoms with E-state index in [4.69, 9.17) is 21.4 Å². The number of thiophene rings is 1. The molecule has 194 valence electrons. The molecule has 3 heterocycles. The van der Waals surface area contributed by atoms with Crippen LogP contribution < -0.4 is 5.32 Å². The number of hydrazone groups is 1. The van der Waals surface area contributed by atoms with Crippen LogP contribution in [-0.2, 0) is 9.53 Å². The first-order valence-corrected chi connectivity index (χ1v) is 13.5. The molecule has 0 aliphatic carbocycles. The van der Waals surface area contributed by atoms with Crippen molar-refractivity contribution in [3.8, 4) is 0 Å². The summed E-state index contributed by atoms with van der Waals surface area (Å²) in [6.45, 7) is 9.81. The number of benzene rings is 1. The minimum atomic E-state index is -0.421. The summed E-state index contributed by atoms with van der Waals surface area (Å²) in [6.07, 6.45) is 0.567. The van der Waals surface area contributed by atoms with Crippen LogP contribution in [0.5, 0.6) is 0 Å². The molecule has 0 radical (unpaired) electrons. The number of rotatable bonds is 7. The molecule has 1 aromatic heterocycles. The van der Waals surface area contributed by atoms with Gasteiger partial charge in [0.25, 0.3) is 5.91 Å². The van der Waals surface area contributed by atoms with E-state index in [0.717, 1.165) is 29.2 Å². The van der Waals surface area contributed by atoms with Gasteiger partial charge in [0.05, 0.1) is 29.8 Å². The Balaban J connectivity index is 1.55. The minimum absolute atomic E-state index is 0.0750. The molecule has 10 heteroatoms. The lowest BCUT2D eigenvalue weighted by Crippen LogP contribution is -2.53. The van der Waals surface area contributed by atoms with Crippen LogP contribution in [0.15, 0.2) is 46.9 Å². The van der Waals surface area contributed by atoms with Gasteiger partial charge in [-0.1, -0.05) is 35.9 Å². The highest BCUT2D eigenvalue weighted by Crippen LogP contribution is 2.37. The number of hydrogen-bond acceptors (Lipinski definition) is 6. The predicted molar refractivity (Wildman–Crippen MR) is 144 cm³/mol. The van der Waals surface area contributed by atoms with E-state index in [9.17, 15) is 9.59 Å². The molecule has 36 heavy (non-hydrogen) atoms. The van der Waals surface area contributed by atoms with Gasteiger partial charge in [0, 0.05) is 43.2 Å². The summed E-state index contributed by atoms with van der Waals surface area (Å²) in [4.78, 5) is 31.8. The second-order valence-electron chi connectivity index (χ2n) is 10.1. The number of nitrogens with one attached hydrogen (secondary N) is 1. The largest absolute Gasteiger partial charge is 0.379 e. The Bertz CT molecular complexity index is 1080. The minimum Gasteiger partial charge on any atom is -0.379 e. The van der Waals surface area contributed by atoms with Crippen molar-refractivity contribution in [3.05, 3.63) is 57.2 Å². The second-order valence-corrected chi connectivity index (χ2v) is 11.4. The lowest BCUT2D eigenvalue weighted by molar-refractivity contribution is -0.133. The highest BCUT2D eigenvalue weighted by molar-refractivity contribution is 7.12. The average Bonchev–Trinajstić information content (AvgIpc) is 3.52. The smallest absolute Gasteiger partial charge is 0.318 e. The van der Waals surface area contributed by atoms with Crippen molar-refractivity contribution in [2.24, 2.45) is 5.10 Å². The number of hydrogen-bond donors (Lipinski definition) is 1. The van der Waals surface area contributed by atoms with Gasteiger partial charge in [-0.15, -0.1) is 11.3 Å². The van der Waals surface area contributed by atoms with Crippen LogP contribution in [0.1, 0.15) is 43.7 Å². The first-order chi connectivity index (χ1) is 17.2. The van der Waals surface area contributed by atoms with Crippen LogP contribution in [0.3, 0.4) is 0 Å². The maximum absolute atomic E-state index is 13.7. The van der Waals surface area contributed by atoms with Crippen molar-refractivity contribution in [1.29, 1.82) is 0 Å². The molecule has 0 saturated carbocycles. The molecule has 1 N–H and O–H groups in total. The molecule has 1 atom stereocenters. The number of ether oxygens (including phenoxy) is 1. The molecule has 1 fully saturated rings. The van der Waals surface area contributed by atoms with Crippen molar-refractivity contribution in [3.63, 3.8) is 0 Å². The fourth-order valence-corrected chi connectivity index (χ4v) is 5.28. The summed E-state index contributed by atoms with van der Waals surface area (Å²) < 4.78 is 5.44. The molecule has 2 aliphatic rings. The molecule has 1 saturated heterocycles. The average molecular weight is 532 g/mol. The van der Waals surface area contributed by atoms with Crippen molar-refractivity contribution < 1.29 is 14.3 Å². The fraction of sp³-hybridized carbons (Fsp3) is 0.500. The first kappa shape index (κ1) is 26.6. The number of morpholine rings is 1. The lowest BCUT2D eigenvalue weighted by atomic mass is 10.0. The summed E-state index contributed by atoms with van der Waals surface area (Å²) in [5, 5.41) is 11.8. The molecule has 2 aliphatic heterocycles.